The Morgan fingerprint density at radius 3 is 2.54 bits per heavy atom. The number of thiazole rings is 1. The number of Topliss-reactive ketones (excluding diaryl/α,β-unsaturated/α-hetero) is 1. The predicted octanol–water partition coefficient (Wildman–Crippen LogP) is -7.46. The number of thioether (sulfide) groups is 1. The number of nitrogens with zero attached hydrogens (tertiary/aromatic N) is 8. The van der Waals surface area contributed by atoms with E-state index in [1.807, 2.05) is 0 Å². The number of β-lactam (4-membered cyclic amide) rings is 1. The van der Waals surface area contributed by atoms with E-state index in [9.17, 15) is 44.4 Å². The maximum Gasteiger partial charge on any atom is 1.00 e. The number of anilines is 1. The van der Waals surface area contributed by atoms with Crippen molar-refractivity contribution in [2.75, 3.05) is 44.2 Å². The third kappa shape index (κ3) is 9.39. The number of carbonyl (C=O) groups excluding carboxylic acids is 4. The van der Waals surface area contributed by atoms with Gasteiger partial charge in [0.2, 0.25) is 5.91 Å². The molecule has 3 aliphatic heterocycles. The van der Waals surface area contributed by atoms with Gasteiger partial charge in [0.05, 0.1) is 60.5 Å². The summed E-state index contributed by atoms with van der Waals surface area (Å²) in [7, 11) is 0. The molecule has 0 unspecified atom stereocenters. The average Bonchev–Trinajstić information content (AvgIpc) is 3.92. The first-order valence-corrected chi connectivity index (χ1v) is 18.5. The zero-order valence-electron chi connectivity index (χ0n) is 30.9. The molecule has 2 saturated heterocycles. The number of hydrogen-bond donors (Lipinski definition) is 4. The van der Waals surface area contributed by atoms with E-state index >= 15 is 0 Å². The number of rotatable bonds is 15. The molecule has 6 rings (SSSR count). The molecule has 3 aromatic rings. The molecule has 56 heavy (non-hydrogen) atoms. The van der Waals surface area contributed by atoms with E-state index in [2.05, 4.69) is 36.1 Å². The molecule has 1 aromatic carbocycles. The molecule has 2 aromatic heterocycles. The smallest absolute Gasteiger partial charge is 0.869 e. The van der Waals surface area contributed by atoms with Crippen molar-refractivity contribution >= 4 is 69.2 Å². The monoisotopic (exact) mass is 828 g/mol. The van der Waals surface area contributed by atoms with E-state index in [0.29, 0.717) is 29.0 Å². The number of nitrogen functional groups attached to an aromatic ring is 1. The van der Waals surface area contributed by atoms with Gasteiger partial charge in [0.15, 0.2) is 22.2 Å². The van der Waals surface area contributed by atoms with Gasteiger partial charge in [-0.05, 0) is 26.0 Å². The van der Waals surface area contributed by atoms with Gasteiger partial charge in [-0.3, -0.25) is 29.6 Å². The number of likely N-dealkylation sites (tertiary alicyclic amines) is 1. The van der Waals surface area contributed by atoms with Crippen LogP contribution in [0, 0.1) is 5.92 Å². The SMILES string of the molecule is CC(C)(O/N=C(\C(=O)C[C@@H]1C(=O)N2C(c3nnn[n-]3)=C(C[N+]3(CCNC(=O)c4cc(O)c([O-])c(C(=O)O)c4)CCCC3)CS[C@H]12)c1csc(N)n1)C(=O)[O-].[Na+].[Na+]. The van der Waals surface area contributed by atoms with Crippen LogP contribution in [0.4, 0.5) is 5.13 Å². The first-order valence-electron chi connectivity index (χ1n) is 16.6. The molecule has 286 valence electrons. The Morgan fingerprint density at radius 1 is 1.21 bits per heavy atom. The summed E-state index contributed by atoms with van der Waals surface area (Å²) in [5.74, 6) is -6.88. The number of phenolic OH excluding ortho intramolecular Hbond substituents is 1. The third-order valence-corrected chi connectivity index (χ3v) is 11.5. The summed E-state index contributed by atoms with van der Waals surface area (Å²) in [6.07, 6.45) is 1.53. The van der Waals surface area contributed by atoms with Crippen LogP contribution < -0.4 is 85.5 Å². The first-order chi connectivity index (χ1) is 25.6. The Balaban J connectivity index is 0.00000348. The second kappa shape index (κ2) is 18.3. The summed E-state index contributed by atoms with van der Waals surface area (Å²) in [5, 5.41) is 65.7. The number of aromatic nitrogens is 5. The van der Waals surface area contributed by atoms with E-state index in [1.54, 1.807) is 0 Å². The van der Waals surface area contributed by atoms with Crippen LogP contribution in [0.1, 0.15) is 65.3 Å². The van der Waals surface area contributed by atoms with Crippen molar-refractivity contribution in [3.05, 3.63) is 45.7 Å². The number of amides is 2. The van der Waals surface area contributed by atoms with Crippen LogP contribution in [-0.2, 0) is 19.2 Å². The van der Waals surface area contributed by atoms with Gasteiger partial charge < -0.3 is 50.7 Å². The number of aliphatic carboxylic acids is 1. The minimum absolute atomic E-state index is 0. The van der Waals surface area contributed by atoms with Crippen LogP contribution in [0.25, 0.3) is 5.70 Å². The van der Waals surface area contributed by atoms with Gasteiger partial charge in [0.1, 0.15) is 18.0 Å². The number of carboxylic acid groups (broad SMARTS) is 2. The molecule has 5 N–H and O–H groups in total. The van der Waals surface area contributed by atoms with Crippen LogP contribution in [0.3, 0.4) is 0 Å². The van der Waals surface area contributed by atoms with Gasteiger partial charge >= 0.3 is 65.1 Å². The number of carbonyl (C=O) groups is 5. The molecular formula is C32H34N10Na2O10S2. The maximum atomic E-state index is 13.9. The largest absolute Gasteiger partial charge is 1.00 e. The second-order valence-corrected chi connectivity index (χ2v) is 15.5. The standard InChI is InChI=1S/C32H36N10O10S2.2Na/c1-32(2,30(50)51)52-38-22(19-14-54-31(33)35-19)20(43)11-18-27(47)41-23(25-36-39-40-37-25)16(13-53-28(18)41)12-42(6-3-4-7-42)8-5-34-26(46)15-9-17(29(48)49)24(45)21(44)10-15;;/h9-10,14,18,28H,3-8,11-13H2,1-2H3,(H7-,33,34,35,36,37,38,39,40,43,44,45,46,48,49,50,51);;/q;2*+1/p-2/t18-,28-;;/m1../s1. The number of aromatic carboxylic acids is 1. The van der Waals surface area contributed by atoms with E-state index in [0.717, 1.165) is 55.0 Å². The Labute approximate surface area is 371 Å². The number of ketones is 1. The zero-order chi connectivity index (χ0) is 38.9. The fourth-order valence-corrected chi connectivity index (χ4v) is 8.56. The maximum absolute atomic E-state index is 13.9. The first kappa shape index (κ1) is 45.1. The second-order valence-electron chi connectivity index (χ2n) is 13.5. The molecular weight excluding hydrogens is 795 g/mol. The van der Waals surface area contributed by atoms with E-state index < -0.39 is 57.6 Å². The Kier molecular flexibility index (Phi) is 14.8. The molecule has 3 aliphatic rings. The van der Waals surface area contributed by atoms with Gasteiger partial charge in [-0.2, -0.15) is 5.21 Å². The topological polar surface area (TPSA) is 300 Å². The molecule has 0 saturated carbocycles. The number of tetrazole rings is 1. The Hall–Kier alpha value is -3.61. The van der Waals surface area contributed by atoms with E-state index in [4.69, 9.17) is 10.6 Å². The molecule has 2 amide bonds. The fraction of sp³-hybridized carbons (Fsp3) is 0.438. The number of nitrogens with one attached hydrogen (secondary N) is 1. The summed E-state index contributed by atoms with van der Waals surface area (Å²) >= 11 is 2.50. The molecule has 0 spiro atoms. The number of quaternary nitrogens is 1. The van der Waals surface area contributed by atoms with Gasteiger partial charge in [0.25, 0.3) is 5.91 Å². The van der Waals surface area contributed by atoms with Crippen LogP contribution in [-0.4, -0.2) is 125 Å². The number of nitrogens with two attached hydrogens (primary N) is 1. The minimum Gasteiger partial charge on any atom is -0.869 e. The molecule has 24 heteroatoms. The summed E-state index contributed by atoms with van der Waals surface area (Å²) in [6, 6.07) is 1.85. The molecule has 20 nitrogen and oxygen atoms in total. The van der Waals surface area contributed by atoms with Crippen molar-refractivity contribution in [1.29, 1.82) is 0 Å². The number of carboxylic acids is 2. The third-order valence-electron chi connectivity index (χ3n) is 9.45. The van der Waals surface area contributed by atoms with Gasteiger partial charge in [-0.15, -0.1) is 23.1 Å². The van der Waals surface area contributed by atoms with Crippen molar-refractivity contribution < 1.29 is 113 Å². The summed E-state index contributed by atoms with van der Waals surface area (Å²) in [4.78, 5) is 74.2. The number of aromatic hydroxyl groups is 1. The minimum atomic E-state index is -1.87. The number of hydrogen-bond acceptors (Lipinski definition) is 17. The van der Waals surface area contributed by atoms with Gasteiger partial charge in [0, 0.05) is 41.5 Å². The van der Waals surface area contributed by atoms with E-state index in [-0.39, 0.29) is 106 Å². The van der Waals surface area contributed by atoms with Crippen LogP contribution >= 0.6 is 23.1 Å². The molecule has 5 heterocycles. The summed E-state index contributed by atoms with van der Waals surface area (Å²) in [5.41, 5.74) is 4.09. The van der Waals surface area contributed by atoms with Crippen LogP contribution in [0.2, 0.25) is 0 Å². The van der Waals surface area contributed by atoms with Crippen LogP contribution in [0.5, 0.6) is 11.5 Å². The van der Waals surface area contributed by atoms with Crippen LogP contribution in [0.15, 0.2) is 28.2 Å². The molecule has 0 bridgehead atoms. The van der Waals surface area contributed by atoms with Crippen molar-refractivity contribution in [2.45, 2.75) is 44.1 Å². The van der Waals surface area contributed by atoms with Crippen molar-refractivity contribution in [3.63, 3.8) is 0 Å². The number of benzene rings is 1. The van der Waals surface area contributed by atoms with Gasteiger partial charge in [-0.25, -0.2) is 9.78 Å². The Morgan fingerprint density at radius 2 is 1.93 bits per heavy atom. The molecule has 0 aliphatic carbocycles. The number of fused-ring (bicyclic) bond motifs is 1. The molecule has 2 fully saturated rings. The molecule has 0 radical (unpaired) electrons. The predicted molar refractivity (Wildman–Crippen MR) is 185 cm³/mol. The summed E-state index contributed by atoms with van der Waals surface area (Å²) in [6.45, 7) is 5.06. The van der Waals surface area contributed by atoms with Crippen molar-refractivity contribution in [3.8, 4) is 11.5 Å². The zero-order valence-corrected chi connectivity index (χ0v) is 36.5. The Bertz CT molecular complexity index is 2070. The average molecular weight is 829 g/mol. The van der Waals surface area contributed by atoms with E-state index in [1.165, 1.54) is 35.9 Å². The number of oxime groups is 1. The van der Waals surface area contributed by atoms with Crippen molar-refractivity contribution in [1.82, 2.24) is 35.8 Å². The fourth-order valence-electron chi connectivity index (χ4n) is 6.60. The van der Waals surface area contributed by atoms with Gasteiger partial charge in [-0.1, -0.05) is 10.9 Å². The van der Waals surface area contributed by atoms with Crippen molar-refractivity contribution in [2.24, 2.45) is 11.1 Å². The summed E-state index contributed by atoms with van der Waals surface area (Å²) < 4.78 is 0.541. The molecule has 2 atom stereocenters. The quantitative estimate of drug-likeness (QED) is 0.0364. The normalized spacial score (nSPS) is 18.9. The number of phenols is 1.